The molecule has 0 spiro atoms. The first-order chi connectivity index (χ1) is 1.73. The van der Waals surface area contributed by atoms with Gasteiger partial charge in [-0.15, -0.1) is 0 Å². The molecule has 0 rings (SSSR count). The summed E-state index contributed by atoms with van der Waals surface area (Å²) in [5.41, 5.74) is 0. The summed E-state index contributed by atoms with van der Waals surface area (Å²) in [6.07, 6.45) is 0. The maximum Gasteiger partial charge on any atom is 2.00 e. The van der Waals surface area contributed by atoms with Crippen molar-refractivity contribution >= 4 is 45.8 Å². The molecule has 0 bridgehead atoms. The molecule has 1 unspecified atom stereocenters. The molecule has 0 aliphatic carbocycles. The van der Waals surface area contributed by atoms with Crippen LogP contribution in [0.3, 0.4) is 0 Å². The van der Waals surface area contributed by atoms with Gasteiger partial charge < -0.3 is 2.85 Å². The Hall–Kier alpha value is 1.32. The summed E-state index contributed by atoms with van der Waals surface area (Å²) in [6, 6.07) is 0. The first kappa shape index (κ1) is 9.58. The van der Waals surface area contributed by atoms with Crippen molar-refractivity contribution in [3.8, 4) is 0 Å². The molecule has 0 amide bonds. The molecule has 0 heterocycles. The average Bonchev–Trinajstić information content (AvgIpc) is 0.811. The van der Waals surface area contributed by atoms with Crippen molar-refractivity contribution in [1.29, 1.82) is 0 Å². The second-order valence-corrected chi connectivity index (χ2v) is 1.39. The standard InChI is InChI=1S/CH3O2P.Ca.2H/c1-4(2)3;;;/h1H3;;;/q;+2;2*-1/p+1. The summed E-state index contributed by atoms with van der Waals surface area (Å²) in [5, 5.41) is 0. The summed E-state index contributed by atoms with van der Waals surface area (Å²) in [5.74, 6) is 0. The largest absolute Gasteiger partial charge is 2.00 e. The Balaban J connectivity index is -0.0000000150. The molecule has 5 heavy (non-hydrogen) atoms. The summed E-state index contributed by atoms with van der Waals surface area (Å²) in [6.45, 7) is 1.23. The maximum absolute atomic E-state index is 9.15. The van der Waals surface area contributed by atoms with Crippen LogP contribution >= 0.6 is 8.03 Å². The van der Waals surface area contributed by atoms with E-state index in [1.807, 2.05) is 0 Å². The van der Waals surface area contributed by atoms with Crippen molar-refractivity contribution < 1.29 is 12.3 Å². The molecule has 0 fully saturated rings. The minimum Gasteiger partial charge on any atom is -1.00 e. The molecule has 0 aromatic carbocycles. The topological polar surface area (TPSA) is 37.3 Å². The Kier molecular flexibility index (Phi) is 10.2. The molecule has 1 N–H and O–H groups in total. The van der Waals surface area contributed by atoms with E-state index in [-0.39, 0.29) is 40.6 Å². The van der Waals surface area contributed by atoms with Crippen LogP contribution in [-0.2, 0) is 4.57 Å². The fourth-order valence-electron chi connectivity index (χ4n) is 0. The molecule has 0 aliphatic heterocycles. The minimum absolute atomic E-state index is 0. The van der Waals surface area contributed by atoms with Crippen LogP contribution in [0.1, 0.15) is 2.85 Å². The molecular formula is CH6CaO2P+. The van der Waals surface area contributed by atoms with Gasteiger partial charge >= 0.3 is 45.8 Å². The first-order valence-corrected chi connectivity index (χ1v) is 2.49. The van der Waals surface area contributed by atoms with Crippen molar-refractivity contribution in [2.24, 2.45) is 0 Å². The zero-order chi connectivity index (χ0) is 3.58. The fraction of sp³-hybridized carbons (Fsp3) is 1.00. The Labute approximate surface area is 64.4 Å². The van der Waals surface area contributed by atoms with Crippen LogP contribution in [0.4, 0.5) is 0 Å². The summed E-state index contributed by atoms with van der Waals surface area (Å²) in [4.78, 5) is 7.56. The van der Waals surface area contributed by atoms with Crippen molar-refractivity contribution in [3.05, 3.63) is 0 Å². The van der Waals surface area contributed by atoms with Gasteiger partial charge in [-0.25, -0.2) is 0 Å². The van der Waals surface area contributed by atoms with Gasteiger partial charge in [-0.05, 0) is 4.57 Å². The monoisotopic (exact) mass is 121 g/mol. The van der Waals surface area contributed by atoms with E-state index in [2.05, 4.69) is 0 Å². The number of hydrogen-bond donors (Lipinski definition) is 1. The van der Waals surface area contributed by atoms with Crippen LogP contribution in [0.25, 0.3) is 0 Å². The molecular weight excluding hydrogens is 115 g/mol. The van der Waals surface area contributed by atoms with Crippen LogP contribution in [0, 0.1) is 0 Å². The van der Waals surface area contributed by atoms with Gasteiger partial charge in [-0.1, -0.05) is 0 Å². The Morgan fingerprint density at radius 2 is 2.00 bits per heavy atom. The minimum atomic E-state index is -1.87. The first-order valence-electron chi connectivity index (χ1n) is 0.830. The summed E-state index contributed by atoms with van der Waals surface area (Å²) >= 11 is 0. The van der Waals surface area contributed by atoms with Gasteiger partial charge in [0.05, 0.1) is 0 Å². The van der Waals surface area contributed by atoms with Gasteiger partial charge in [0.1, 0.15) is 0 Å². The molecule has 4 heteroatoms. The molecule has 0 saturated carbocycles. The Bertz CT molecular complexity index is 38.7. The second kappa shape index (κ2) is 5.32. The van der Waals surface area contributed by atoms with E-state index in [1.165, 1.54) is 6.66 Å². The molecule has 28 valence electrons. The van der Waals surface area contributed by atoms with E-state index in [0.29, 0.717) is 0 Å². The van der Waals surface area contributed by atoms with E-state index in [4.69, 9.17) is 9.46 Å². The average molecular weight is 121 g/mol. The van der Waals surface area contributed by atoms with Gasteiger partial charge in [-0.3, -0.25) is 0 Å². The predicted molar refractivity (Wildman–Crippen MR) is 23.7 cm³/mol. The maximum atomic E-state index is 9.15. The molecule has 0 aromatic heterocycles. The Morgan fingerprint density at radius 3 is 2.00 bits per heavy atom. The second-order valence-electron chi connectivity index (χ2n) is 0.464. The van der Waals surface area contributed by atoms with Crippen LogP contribution in [0.15, 0.2) is 0 Å². The van der Waals surface area contributed by atoms with Gasteiger partial charge in [0, 0.05) is 0 Å². The summed E-state index contributed by atoms with van der Waals surface area (Å²) < 4.78 is 9.15. The quantitative estimate of drug-likeness (QED) is 0.367. The van der Waals surface area contributed by atoms with E-state index < -0.39 is 8.03 Å². The van der Waals surface area contributed by atoms with Crippen molar-refractivity contribution in [2.45, 2.75) is 0 Å². The van der Waals surface area contributed by atoms with Crippen LogP contribution in [-0.4, -0.2) is 49.3 Å². The van der Waals surface area contributed by atoms with Gasteiger partial charge in [0.25, 0.3) is 0 Å². The smallest absolute Gasteiger partial charge is 1.00 e. The SMILES string of the molecule is C[P+](=O)O.[Ca+2].[H-].[H-]. The van der Waals surface area contributed by atoms with E-state index in [9.17, 15) is 0 Å². The zero-order valence-electron chi connectivity index (χ0n) is 5.01. The van der Waals surface area contributed by atoms with E-state index in [1.54, 1.807) is 0 Å². The molecule has 0 aromatic rings. The van der Waals surface area contributed by atoms with Gasteiger partial charge in [0.2, 0.25) is 0 Å². The third-order valence-electron chi connectivity index (χ3n) is 0. The number of rotatable bonds is 0. The van der Waals surface area contributed by atoms with Gasteiger partial charge in [0.15, 0.2) is 6.66 Å². The van der Waals surface area contributed by atoms with Crippen LogP contribution in [0.2, 0.25) is 0 Å². The Morgan fingerprint density at radius 1 is 2.00 bits per heavy atom. The normalized spacial score (nSPS) is 8.80. The fourth-order valence-corrected chi connectivity index (χ4v) is 0. The van der Waals surface area contributed by atoms with Crippen LogP contribution in [0.5, 0.6) is 0 Å². The van der Waals surface area contributed by atoms with E-state index in [0.717, 1.165) is 0 Å². The predicted octanol–water partition coefficient (Wildman–Crippen LogP) is 0.195. The molecule has 2 nitrogen and oxygen atoms in total. The van der Waals surface area contributed by atoms with Crippen molar-refractivity contribution in [2.75, 3.05) is 6.66 Å². The van der Waals surface area contributed by atoms with E-state index >= 15 is 0 Å². The van der Waals surface area contributed by atoms with Crippen LogP contribution < -0.4 is 0 Å². The zero-order valence-corrected chi connectivity index (χ0v) is 6.11. The third-order valence-corrected chi connectivity index (χ3v) is 0. The van der Waals surface area contributed by atoms with Crippen molar-refractivity contribution in [1.82, 2.24) is 0 Å². The third kappa shape index (κ3) is 33.7. The molecule has 1 atom stereocenters. The molecule has 0 saturated heterocycles. The molecule has 0 aliphatic rings. The van der Waals surface area contributed by atoms with Gasteiger partial charge in [-0.2, -0.15) is 4.89 Å². The summed E-state index contributed by atoms with van der Waals surface area (Å²) in [7, 11) is -1.87. The number of hydrogen-bond acceptors (Lipinski definition) is 1. The molecule has 0 radical (unpaired) electrons. The van der Waals surface area contributed by atoms with Crippen molar-refractivity contribution in [3.63, 3.8) is 0 Å².